The van der Waals surface area contributed by atoms with E-state index in [1.807, 2.05) is 84.9 Å². The number of hydrogen-bond acceptors (Lipinski definition) is 8. The summed E-state index contributed by atoms with van der Waals surface area (Å²) in [6.07, 6.45) is 1.59. The van der Waals surface area contributed by atoms with Gasteiger partial charge in [-0.3, -0.25) is 0 Å². The van der Waals surface area contributed by atoms with E-state index in [4.69, 9.17) is 33.7 Å². The molecule has 9 nitrogen and oxygen atoms in total. The molecule has 0 saturated carbocycles. The highest BCUT2D eigenvalue weighted by atomic mass is 16.5. The molecule has 194 valence electrons. The van der Waals surface area contributed by atoms with E-state index in [1.165, 1.54) is 0 Å². The van der Waals surface area contributed by atoms with Gasteiger partial charge in [0.15, 0.2) is 22.9 Å². The van der Waals surface area contributed by atoms with Gasteiger partial charge in [-0.25, -0.2) is 4.98 Å². The van der Waals surface area contributed by atoms with Crippen molar-refractivity contribution in [2.24, 2.45) is 0 Å². The Balaban J connectivity index is 1.50. The minimum atomic E-state index is 0.396. The van der Waals surface area contributed by atoms with Crippen molar-refractivity contribution in [3.63, 3.8) is 0 Å². The van der Waals surface area contributed by atoms with Crippen molar-refractivity contribution in [3.05, 3.63) is 103 Å². The highest BCUT2D eigenvalue weighted by Crippen LogP contribution is 2.37. The van der Waals surface area contributed by atoms with Gasteiger partial charge in [-0.05, 0) is 47.5 Å². The van der Waals surface area contributed by atoms with Crippen LogP contribution in [0.25, 0.3) is 28.4 Å². The summed E-state index contributed by atoms with van der Waals surface area (Å²) in [4.78, 5) is 9.76. The lowest BCUT2D eigenvalue weighted by molar-refractivity contribution is 0.354. The Morgan fingerprint density at radius 2 is 1.59 bits per heavy atom. The van der Waals surface area contributed by atoms with Crippen LogP contribution in [0.5, 0.6) is 23.1 Å². The number of benzene rings is 3. The summed E-state index contributed by atoms with van der Waals surface area (Å²) in [5.74, 6) is 3.79. The van der Waals surface area contributed by atoms with Gasteiger partial charge in [-0.2, -0.15) is 9.50 Å². The third-order valence-corrected chi connectivity index (χ3v) is 6.11. The van der Waals surface area contributed by atoms with E-state index in [2.05, 4.69) is 5.32 Å². The van der Waals surface area contributed by atoms with Crippen molar-refractivity contribution in [2.75, 3.05) is 19.5 Å². The van der Waals surface area contributed by atoms with Crippen molar-refractivity contribution in [1.29, 1.82) is 0 Å². The zero-order valence-electron chi connectivity index (χ0n) is 21.4. The van der Waals surface area contributed by atoms with Gasteiger partial charge in [-0.1, -0.05) is 54.6 Å². The molecule has 0 aliphatic heterocycles. The standard InChI is InChI=1S/C30H25N5O4/c1-36-23-16-15-20(18-25(23)37-2)19-31-30-33-29(39-22-12-7-4-8-13-22)26(21-10-5-3-6-11-21)28-32-27(34-35(28)30)24-14-9-17-38-24/h3-18H,19H2,1-2H3,(H,31,33). The predicted molar refractivity (Wildman–Crippen MR) is 147 cm³/mol. The quantitative estimate of drug-likeness (QED) is 0.232. The molecular weight excluding hydrogens is 494 g/mol. The molecule has 6 rings (SSSR count). The molecule has 6 aromatic rings. The van der Waals surface area contributed by atoms with Gasteiger partial charge in [0.1, 0.15) is 5.75 Å². The third-order valence-electron chi connectivity index (χ3n) is 6.11. The van der Waals surface area contributed by atoms with E-state index in [0.29, 0.717) is 58.4 Å². The van der Waals surface area contributed by atoms with E-state index >= 15 is 0 Å². The summed E-state index contributed by atoms with van der Waals surface area (Å²) >= 11 is 0. The summed E-state index contributed by atoms with van der Waals surface area (Å²) < 4.78 is 24.5. The Labute approximate surface area is 224 Å². The first kappa shape index (κ1) is 24.1. The lowest BCUT2D eigenvalue weighted by Crippen LogP contribution is -2.10. The lowest BCUT2D eigenvalue weighted by atomic mass is 10.1. The van der Waals surface area contributed by atoms with Crippen LogP contribution in [-0.4, -0.2) is 33.8 Å². The maximum Gasteiger partial charge on any atom is 0.234 e. The number of methoxy groups -OCH3 is 2. The zero-order valence-corrected chi connectivity index (χ0v) is 21.4. The van der Waals surface area contributed by atoms with Crippen LogP contribution in [0, 0.1) is 0 Å². The van der Waals surface area contributed by atoms with Crippen LogP contribution in [0.2, 0.25) is 0 Å². The number of anilines is 1. The Hall–Kier alpha value is -5.31. The summed E-state index contributed by atoms with van der Waals surface area (Å²) in [6.45, 7) is 0.438. The summed E-state index contributed by atoms with van der Waals surface area (Å²) in [5.41, 5.74) is 3.14. The van der Waals surface area contributed by atoms with Crippen molar-refractivity contribution in [3.8, 4) is 45.8 Å². The smallest absolute Gasteiger partial charge is 0.234 e. The molecule has 3 aromatic carbocycles. The number of rotatable bonds is 9. The van der Waals surface area contributed by atoms with Crippen LogP contribution in [-0.2, 0) is 6.54 Å². The Morgan fingerprint density at radius 1 is 0.821 bits per heavy atom. The van der Waals surface area contributed by atoms with Crippen molar-refractivity contribution in [1.82, 2.24) is 19.6 Å². The first-order valence-electron chi connectivity index (χ1n) is 12.3. The molecule has 0 radical (unpaired) electrons. The zero-order chi connectivity index (χ0) is 26.6. The van der Waals surface area contributed by atoms with Crippen LogP contribution in [0.1, 0.15) is 5.56 Å². The molecule has 3 heterocycles. The SMILES string of the molecule is COc1ccc(CNc2nc(Oc3ccccc3)c(-c3ccccc3)c3nc(-c4ccco4)nn23)cc1OC. The predicted octanol–water partition coefficient (Wildman–Crippen LogP) is 6.47. The number of fused-ring (bicyclic) bond motifs is 1. The van der Waals surface area contributed by atoms with Gasteiger partial charge >= 0.3 is 0 Å². The topological polar surface area (TPSA) is 95.9 Å². The summed E-state index contributed by atoms with van der Waals surface area (Å²) in [7, 11) is 3.22. The van der Waals surface area contributed by atoms with Gasteiger partial charge in [0.2, 0.25) is 17.7 Å². The Kier molecular flexibility index (Phi) is 6.53. The molecule has 39 heavy (non-hydrogen) atoms. The first-order valence-corrected chi connectivity index (χ1v) is 12.3. The van der Waals surface area contributed by atoms with Crippen LogP contribution in [0.4, 0.5) is 5.95 Å². The monoisotopic (exact) mass is 519 g/mol. The number of furan rings is 1. The maximum atomic E-state index is 6.34. The molecule has 0 atom stereocenters. The molecule has 1 N–H and O–H groups in total. The van der Waals surface area contributed by atoms with E-state index in [0.717, 1.165) is 11.1 Å². The fourth-order valence-corrected chi connectivity index (χ4v) is 4.24. The largest absolute Gasteiger partial charge is 0.493 e. The van der Waals surface area contributed by atoms with Crippen LogP contribution in [0.3, 0.4) is 0 Å². The summed E-state index contributed by atoms with van der Waals surface area (Å²) in [5, 5.41) is 8.15. The van der Waals surface area contributed by atoms with Crippen LogP contribution < -0.4 is 19.5 Å². The molecule has 9 heteroatoms. The van der Waals surface area contributed by atoms with E-state index in [1.54, 1.807) is 31.1 Å². The highest BCUT2D eigenvalue weighted by molar-refractivity contribution is 5.84. The first-order chi connectivity index (χ1) is 19.2. The van der Waals surface area contributed by atoms with Gasteiger partial charge < -0.3 is 23.9 Å². The number of hydrogen-bond donors (Lipinski definition) is 1. The second-order valence-corrected chi connectivity index (χ2v) is 8.59. The lowest BCUT2D eigenvalue weighted by Gasteiger charge is -2.15. The third kappa shape index (κ3) is 4.85. The molecule has 0 saturated heterocycles. The molecule has 0 aliphatic carbocycles. The average Bonchev–Trinajstić information content (AvgIpc) is 3.68. The fraction of sp³-hybridized carbons (Fsp3) is 0.100. The minimum Gasteiger partial charge on any atom is -0.493 e. The number of nitrogens with zero attached hydrogens (tertiary/aromatic N) is 4. The normalized spacial score (nSPS) is 10.9. The highest BCUT2D eigenvalue weighted by Gasteiger charge is 2.23. The number of ether oxygens (including phenoxy) is 3. The maximum absolute atomic E-state index is 6.34. The second kappa shape index (κ2) is 10.6. The number of aromatic nitrogens is 4. The Bertz CT molecular complexity index is 1700. The molecule has 0 aliphatic rings. The average molecular weight is 520 g/mol. The van der Waals surface area contributed by atoms with E-state index in [9.17, 15) is 0 Å². The molecule has 0 unspecified atom stereocenters. The molecule has 0 spiro atoms. The molecule has 0 fully saturated rings. The number of nitrogens with one attached hydrogen (secondary N) is 1. The van der Waals surface area contributed by atoms with Gasteiger partial charge in [0.05, 0.1) is 26.0 Å². The number of para-hydroxylation sites is 1. The minimum absolute atomic E-state index is 0.396. The van der Waals surface area contributed by atoms with E-state index < -0.39 is 0 Å². The van der Waals surface area contributed by atoms with Crippen LogP contribution in [0.15, 0.2) is 102 Å². The molecule has 3 aromatic heterocycles. The molecule has 0 amide bonds. The van der Waals surface area contributed by atoms with Crippen molar-refractivity contribution < 1.29 is 18.6 Å². The van der Waals surface area contributed by atoms with Crippen molar-refractivity contribution in [2.45, 2.75) is 6.54 Å². The molecule has 0 bridgehead atoms. The van der Waals surface area contributed by atoms with Gasteiger partial charge in [-0.15, -0.1) is 5.10 Å². The second-order valence-electron chi connectivity index (χ2n) is 8.59. The Morgan fingerprint density at radius 3 is 2.31 bits per heavy atom. The van der Waals surface area contributed by atoms with Crippen LogP contribution >= 0.6 is 0 Å². The molecular formula is C30H25N5O4. The summed E-state index contributed by atoms with van der Waals surface area (Å²) in [6, 6.07) is 28.8. The van der Waals surface area contributed by atoms with Crippen molar-refractivity contribution >= 4 is 11.6 Å². The van der Waals surface area contributed by atoms with Gasteiger partial charge in [0.25, 0.3) is 0 Å². The van der Waals surface area contributed by atoms with E-state index in [-0.39, 0.29) is 0 Å². The van der Waals surface area contributed by atoms with Gasteiger partial charge in [0, 0.05) is 6.54 Å². The fourth-order valence-electron chi connectivity index (χ4n) is 4.24.